The van der Waals surface area contributed by atoms with E-state index < -0.39 is 0 Å². The summed E-state index contributed by atoms with van der Waals surface area (Å²) in [5.74, 6) is 0. The Labute approximate surface area is 80.7 Å². The van der Waals surface area contributed by atoms with Crippen LogP contribution in [0.1, 0.15) is 26.7 Å². The van der Waals surface area contributed by atoms with Gasteiger partial charge in [-0.1, -0.05) is 0 Å². The van der Waals surface area contributed by atoms with E-state index in [-0.39, 0.29) is 0 Å². The lowest BCUT2D eigenvalue weighted by molar-refractivity contribution is -0.0682. The van der Waals surface area contributed by atoms with E-state index in [2.05, 4.69) is 18.7 Å². The molecule has 1 N–H and O–H groups in total. The Hall–Kier alpha value is -0.120. The molecule has 78 valence electrons. The summed E-state index contributed by atoms with van der Waals surface area (Å²) in [6.07, 6.45) is 2.73. The SMILES string of the molecule is CC1CN(CCCCO)CC(C)O1. The van der Waals surface area contributed by atoms with Gasteiger partial charge >= 0.3 is 0 Å². The maximum Gasteiger partial charge on any atom is 0.0678 e. The van der Waals surface area contributed by atoms with E-state index in [1.807, 2.05) is 0 Å². The third-order valence-electron chi connectivity index (χ3n) is 2.38. The Morgan fingerprint density at radius 1 is 1.23 bits per heavy atom. The third-order valence-corrected chi connectivity index (χ3v) is 2.38. The molecule has 1 saturated heterocycles. The predicted octanol–water partition coefficient (Wildman–Crippen LogP) is 0.868. The molecule has 1 aliphatic heterocycles. The van der Waals surface area contributed by atoms with Crippen molar-refractivity contribution < 1.29 is 9.84 Å². The zero-order valence-corrected chi connectivity index (χ0v) is 8.70. The van der Waals surface area contributed by atoms with Crippen molar-refractivity contribution in [1.82, 2.24) is 4.90 Å². The second kappa shape index (κ2) is 5.58. The van der Waals surface area contributed by atoms with Crippen molar-refractivity contribution in [2.75, 3.05) is 26.2 Å². The molecule has 0 spiro atoms. The van der Waals surface area contributed by atoms with E-state index in [1.165, 1.54) is 0 Å². The van der Waals surface area contributed by atoms with E-state index in [0.717, 1.165) is 32.5 Å². The second-order valence-electron chi connectivity index (χ2n) is 3.95. The summed E-state index contributed by atoms with van der Waals surface area (Å²) in [7, 11) is 0. The average Bonchev–Trinajstić information content (AvgIpc) is 2.03. The van der Waals surface area contributed by atoms with Gasteiger partial charge in [0.15, 0.2) is 0 Å². The second-order valence-corrected chi connectivity index (χ2v) is 3.95. The maximum absolute atomic E-state index is 8.66. The maximum atomic E-state index is 8.66. The first-order valence-electron chi connectivity index (χ1n) is 5.21. The highest BCUT2D eigenvalue weighted by atomic mass is 16.5. The fraction of sp³-hybridized carbons (Fsp3) is 1.00. The topological polar surface area (TPSA) is 32.7 Å². The summed E-state index contributed by atoms with van der Waals surface area (Å²) < 4.78 is 5.63. The predicted molar refractivity (Wildman–Crippen MR) is 52.8 cm³/mol. The zero-order chi connectivity index (χ0) is 9.68. The molecule has 1 heterocycles. The Kier molecular flexibility index (Phi) is 4.70. The van der Waals surface area contributed by atoms with Crippen LogP contribution >= 0.6 is 0 Å². The van der Waals surface area contributed by atoms with Crippen molar-refractivity contribution in [2.24, 2.45) is 0 Å². The summed E-state index contributed by atoms with van der Waals surface area (Å²) in [6.45, 7) is 7.73. The fourth-order valence-corrected chi connectivity index (χ4v) is 1.91. The summed E-state index contributed by atoms with van der Waals surface area (Å²) in [6, 6.07) is 0. The molecule has 13 heavy (non-hydrogen) atoms. The molecule has 1 rings (SSSR count). The molecule has 3 heteroatoms. The van der Waals surface area contributed by atoms with E-state index in [4.69, 9.17) is 9.84 Å². The average molecular weight is 187 g/mol. The van der Waals surface area contributed by atoms with Gasteiger partial charge in [-0.05, 0) is 33.2 Å². The van der Waals surface area contributed by atoms with Crippen molar-refractivity contribution in [3.63, 3.8) is 0 Å². The van der Waals surface area contributed by atoms with Crippen molar-refractivity contribution >= 4 is 0 Å². The van der Waals surface area contributed by atoms with Gasteiger partial charge in [0.05, 0.1) is 12.2 Å². The molecule has 0 aliphatic carbocycles. The van der Waals surface area contributed by atoms with Gasteiger partial charge in [-0.15, -0.1) is 0 Å². The summed E-state index contributed by atoms with van der Waals surface area (Å²) in [5.41, 5.74) is 0. The van der Waals surface area contributed by atoms with Gasteiger partial charge in [0, 0.05) is 19.7 Å². The lowest BCUT2D eigenvalue weighted by Gasteiger charge is -2.35. The number of aliphatic hydroxyl groups excluding tert-OH is 1. The smallest absolute Gasteiger partial charge is 0.0678 e. The van der Waals surface area contributed by atoms with Crippen molar-refractivity contribution in [3.05, 3.63) is 0 Å². The molecule has 0 aromatic heterocycles. The Morgan fingerprint density at radius 3 is 2.38 bits per heavy atom. The molecular weight excluding hydrogens is 166 g/mol. The van der Waals surface area contributed by atoms with Crippen LogP contribution in [0.3, 0.4) is 0 Å². The molecule has 0 radical (unpaired) electrons. The lowest BCUT2D eigenvalue weighted by atomic mass is 10.2. The summed E-state index contributed by atoms with van der Waals surface area (Å²) in [4.78, 5) is 2.43. The largest absolute Gasteiger partial charge is 0.396 e. The Morgan fingerprint density at radius 2 is 1.85 bits per heavy atom. The van der Waals surface area contributed by atoms with Crippen LogP contribution < -0.4 is 0 Å². The van der Waals surface area contributed by atoms with E-state index in [1.54, 1.807) is 0 Å². The fourth-order valence-electron chi connectivity index (χ4n) is 1.91. The molecule has 0 aromatic carbocycles. The number of ether oxygens (including phenoxy) is 1. The number of aliphatic hydroxyl groups is 1. The number of hydrogen-bond acceptors (Lipinski definition) is 3. The minimum Gasteiger partial charge on any atom is -0.396 e. The number of nitrogens with zero attached hydrogens (tertiary/aromatic N) is 1. The highest BCUT2D eigenvalue weighted by Gasteiger charge is 2.21. The molecule has 0 saturated carbocycles. The van der Waals surface area contributed by atoms with Gasteiger partial charge in [0.1, 0.15) is 0 Å². The molecule has 3 nitrogen and oxygen atoms in total. The number of unbranched alkanes of at least 4 members (excludes halogenated alkanes) is 1. The van der Waals surface area contributed by atoms with Gasteiger partial charge in [0.2, 0.25) is 0 Å². The van der Waals surface area contributed by atoms with Gasteiger partial charge in [-0.3, -0.25) is 4.90 Å². The van der Waals surface area contributed by atoms with Gasteiger partial charge < -0.3 is 9.84 Å². The minimum atomic E-state index is 0.315. The van der Waals surface area contributed by atoms with Crippen molar-refractivity contribution in [2.45, 2.75) is 38.9 Å². The van der Waals surface area contributed by atoms with E-state index in [9.17, 15) is 0 Å². The highest BCUT2D eigenvalue weighted by Crippen LogP contribution is 2.10. The zero-order valence-electron chi connectivity index (χ0n) is 8.70. The molecule has 1 aliphatic rings. The van der Waals surface area contributed by atoms with Gasteiger partial charge in [0.25, 0.3) is 0 Å². The first-order valence-corrected chi connectivity index (χ1v) is 5.21. The molecule has 2 atom stereocenters. The first-order chi connectivity index (χ1) is 6.22. The van der Waals surface area contributed by atoms with Crippen LogP contribution in [0.5, 0.6) is 0 Å². The lowest BCUT2D eigenvalue weighted by Crippen LogP contribution is -2.45. The van der Waals surface area contributed by atoms with Crippen LogP contribution in [0, 0.1) is 0 Å². The van der Waals surface area contributed by atoms with Crippen LogP contribution in [0.25, 0.3) is 0 Å². The van der Waals surface area contributed by atoms with E-state index >= 15 is 0 Å². The number of morpholine rings is 1. The van der Waals surface area contributed by atoms with Gasteiger partial charge in [-0.2, -0.15) is 0 Å². The molecular formula is C10H21NO2. The van der Waals surface area contributed by atoms with Crippen LogP contribution in [0.4, 0.5) is 0 Å². The summed E-state index contributed by atoms with van der Waals surface area (Å²) >= 11 is 0. The first kappa shape index (κ1) is 11.0. The van der Waals surface area contributed by atoms with Crippen LogP contribution in [-0.4, -0.2) is 48.5 Å². The van der Waals surface area contributed by atoms with Crippen LogP contribution in [0.2, 0.25) is 0 Å². The van der Waals surface area contributed by atoms with Crippen LogP contribution in [-0.2, 0) is 4.74 Å². The summed E-state index contributed by atoms with van der Waals surface area (Å²) in [5, 5.41) is 8.66. The molecule has 0 amide bonds. The van der Waals surface area contributed by atoms with Gasteiger partial charge in [-0.25, -0.2) is 0 Å². The normalized spacial score (nSPS) is 30.7. The van der Waals surface area contributed by atoms with Crippen LogP contribution in [0.15, 0.2) is 0 Å². The molecule has 2 unspecified atom stereocenters. The standard InChI is InChI=1S/C10H21NO2/c1-9-7-11(5-3-4-6-12)8-10(2)13-9/h9-10,12H,3-8H2,1-2H3. The van der Waals surface area contributed by atoms with E-state index in [0.29, 0.717) is 18.8 Å². The monoisotopic (exact) mass is 187 g/mol. The third kappa shape index (κ3) is 4.07. The molecule has 1 fully saturated rings. The quantitative estimate of drug-likeness (QED) is 0.663. The van der Waals surface area contributed by atoms with Crippen molar-refractivity contribution in [1.29, 1.82) is 0 Å². The minimum absolute atomic E-state index is 0.315. The Bertz CT molecular complexity index is 131. The highest BCUT2D eigenvalue weighted by molar-refractivity contribution is 4.72. The number of rotatable bonds is 4. The number of hydrogen-bond donors (Lipinski definition) is 1. The Balaban J connectivity index is 2.17. The molecule has 0 bridgehead atoms. The molecule has 0 aromatic rings. The van der Waals surface area contributed by atoms with Crippen molar-refractivity contribution in [3.8, 4) is 0 Å².